The minimum atomic E-state index is 0. The van der Waals surface area contributed by atoms with Gasteiger partial charge in [0.25, 0.3) is 0 Å². The summed E-state index contributed by atoms with van der Waals surface area (Å²) in [7, 11) is 0. The predicted octanol–water partition coefficient (Wildman–Crippen LogP) is 9.85. The number of aromatic nitrogens is 4. The van der Waals surface area contributed by atoms with Crippen molar-refractivity contribution < 1.29 is 40.2 Å². The van der Waals surface area contributed by atoms with E-state index in [9.17, 15) is 0 Å². The van der Waals surface area contributed by atoms with Crippen LogP contribution in [0.25, 0.3) is 34.2 Å². The normalized spacial score (nSPS) is 10.6. The van der Waals surface area contributed by atoms with Crippen molar-refractivity contribution in [2.45, 2.75) is 60.3 Å². The van der Waals surface area contributed by atoms with Crippen LogP contribution < -0.4 is 0 Å². The first-order valence-corrected chi connectivity index (χ1v) is 15.0. The van der Waals surface area contributed by atoms with Crippen molar-refractivity contribution in [1.82, 2.24) is 19.1 Å². The molecule has 2 radical (unpaired) electrons. The van der Waals surface area contributed by atoms with E-state index in [1.807, 2.05) is 61.1 Å². The van der Waals surface area contributed by atoms with Crippen molar-refractivity contribution >= 4 is 0 Å². The molecule has 6 aromatic rings. The Balaban J connectivity index is 0.000000237. The minimum Gasteiger partial charge on any atom is -0.340 e. The third kappa shape index (κ3) is 8.07. The maximum Gasteiger partial charge on any atom is 0.0602 e. The fourth-order valence-electron chi connectivity index (χ4n) is 5.77. The second-order valence-electron chi connectivity index (χ2n) is 11.6. The smallest absolute Gasteiger partial charge is 0.0602 e. The van der Waals surface area contributed by atoms with Gasteiger partial charge in [-0.1, -0.05) is 63.6 Å². The average Bonchev–Trinajstić information content (AvgIpc) is 3.68. The van der Waals surface area contributed by atoms with Gasteiger partial charge in [0, 0.05) is 76.4 Å². The van der Waals surface area contributed by atoms with Gasteiger partial charge in [-0.3, -0.25) is 9.97 Å². The van der Waals surface area contributed by atoms with E-state index < -0.39 is 0 Å². The van der Waals surface area contributed by atoms with E-state index in [1.54, 1.807) is 0 Å². The Labute approximate surface area is 295 Å². The van der Waals surface area contributed by atoms with Crippen LogP contribution in [0.15, 0.2) is 104 Å². The van der Waals surface area contributed by atoms with Gasteiger partial charge in [0.05, 0.1) is 11.6 Å². The van der Waals surface area contributed by atoms with Gasteiger partial charge in [-0.25, -0.2) is 0 Å². The molecule has 0 spiro atoms. The van der Waals surface area contributed by atoms with E-state index in [0.29, 0.717) is 11.8 Å². The van der Waals surface area contributed by atoms with Crippen molar-refractivity contribution in [3.63, 3.8) is 0 Å². The summed E-state index contributed by atoms with van der Waals surface area (Å²) in [5.41, 5.74) is 11.0. The zero-order chi connectivity index (χ0) is 30.5. The van der Waals surface area contributed by atoms with Crippen molar-refractivity contribution in [2.75, 3.05) is 0 Å². The fraction of sp³-hybridized carbons (Fsp3) is 0.231. The van der Waals surface area contributed by atoms with E-state index in [0.717, 1.165) is 22.8 Å². The standard InChI is InChI=1S/C21H23N2.C18H17N2.2Ir/c1-15(2)18-11-8-12-19(16(3)4)20(18)23-14-13-22-21(23)17-9-6-5-7-10-17;1-13-11-14(2)17(15(3)12-13)20-10-9-19-18(20)16-7-5-4-6-8-16;;/h5-9,11-16H,1-4H3;4-7,9-12H,1-3H3;;/q2*-1;;. The van der Waals surface area contributed by atoms with E-state index in [1.165, 1.54) is 39.2 Å². The van der Waals surface area contributed by atoms with Crippen molar-refractivity contribution in [3.8, 4) is 34.2 Å². The molecule has 2 heterocycles. The molecule has 0 aliphatic heterocycles. The molecule has 0 N–H and O–H groups in total. The molecule has 0 aliphatic carbocycles. The molecule has 0 bridgehead atoms. The molecule has 6 rings (SSSR count). The predicted molar refractivity (Wildman–Crippen MR) is 178 cm³/mol. The monoisotopic (exact) mass is 950 g/mol. The largest absolute Gasteiger partial charge is 0.340 e. The number of hydrogen-bond donors (Lipinski definition) is 0. The van der Waals surface area contributed by atoms with Crippen LogP contribution in [-0.4, -0.2) is 19.1 Å². The van der Waals surface area contributed by atoms with Crippen LogP contribution in [-0.2, 0) is 40.2 Å². The summed E-state index contributed by atoms with van der Waals surface area (Å²) < 4.78 is 4.37. The first-order chi connectivity index (χ1) is 20.8. The third-order valence-electron chi connectivity index (χ3n) is 7.64. The second-order valence-corrected chi connectivity index (χ2v) is 11.6. The van der Waals surface area contributed by atoms with E-state index in [2.05, 4.69) is 122 Å². The van der Waals surface area contributed by atoms with E-state index >= 15 is 0 Å². The Kier molecular flexibility index (Phi) is 13.0. The van der Waals surface area contributed by atoms with Crippen LogP contribution in [0.3, 0.4) is 0 Å². The number of nitrogens with zero attached hydrogens (tertiary/aromatic N) is 4. The average molecular weight is 949 g/mol. The number of benzene rings is 4. The molecule has 0 saturated carbocycles. The Morgan fingerprint density at radius 3 is 1.42 bits per heavy atom. The number of imidazole rings is 2. The van der Waals surface area contributed by atoms with Crippen LogP contribution >= 0.6 is 0 Å². The van der Waals surface area contributed by atoms with Gasteiger partial charge >= 0.3 is 0 Å². The maximum absolute atomic E-state index is 4.60. The molecule has 45 heavy (non-hydrogen) atoms. The quantitative estimate of drug-likeness (QED) is 0.156. The molecular formula is C39H40Ir2N4-2. The summed E-state index contributed by atoms with van der Waals surface area (Å²) in [5.74, 6) is 2.79. The zero-order valence-electron chi connectivity index (χ0n) is 26.9. The molecule has 0 fully saturated rings. The topological polar surface area (TPSA) is 35.6 Å². The first-order valence-electron chi connectivity index (χ1n) is 15.0. The van der Waals surface area contributed by atoms with Crippen LogP contribution in [0.4, 0.5) is 0 Å². The van der Waals surface area contributed by atoms with Crippen LogP contribution in [0.2, 0.25) is 0 Å². The Morgan fingerprint density at radius 1 is 0.578 bits per heavy atom. The Hall–Kier alpha value is -3.40. The molecule has 0 unspecified atom stereocenters. The van der Waals surface area contributed by atoms with Gasteiger partial charge in [0.15, 0.2) is 0 Å². The number of para-hydroxylation sites is 1. The van der Waals surface area contributed by atoms with E-state index in [4.69, 9.17) is 0 Å². The van der Waals surface area contributed by atoms with Gasteiger partial charge in [-0.05, 0) is 54.9 Å². The van der Waals surface area contributed by atoms with Crippen LogP contribution in [0, 0.1) is 32.9 Å². The van der Waals surface area contributed by atoms with E-state index in [-0.39, 0.29) is 40.2 Å². The number of rotatable bonds is 6. The van der Waals surface area contributed by atoms with Crippen molar-refractivity contribution in [1.29, 1.82) is 0 Å². The summed E-state index contributed by atoms with van der Waals surface area (Å²) >= 11 is 0. The van der Waals surface area contributed by atoms with Gasteiger partial charge in [-0.15, -0.1) is 71.8 Å². The summed E-state index contributed by atoms with van der Waals surface area (Å²) in [5, 5.41) is 0. The Bertz CT molecular complexity index is 1750. The number of aryl methyl sites for hydroxylation is 3. The van der Waals surface area contributed by atoms with Gasteiger partial charge < -0.3 is 9.13 Å². The summed E-state index contributed by atoms with van der Waals surface area (Å²) in [6.45, 7) is 15.4. The molecule has 4 aromatic carbocycles. The van der Waals surface area contributed by atoms with Crippen molar-refractivity contribution in [2.24, 2.45) is 0 Å². The molecule has 6 heteroatoms. The van der Waals surface area contributed by atoms with Crippen molar-refractivity contribution in [3.05, 3.63) is 144 Å². The SMILES string of the molecule is CC(C)c1cccc(C(C)C)c1-n1ccnc1-c1[c-]cccc1.Cc1cc(C)c(-n2ccnc2-c2[c-]cccc2)c(C)c1.[Ir].[Ir]. The maximum atomic E-state index is 4.60. The zero-order valence-corrected chi connectivity index (χ0v) is 31.7. The molecular weight excluding hydrogens is 909 g/mol. The van der Waals surface area contributed by atoms with Crippen LogP contribution in [0.5, 0.6) is 0 Å². The fourth-order valence-corrected chi connectivity index (χ4v) is 5.77. The van der Waals surface area contributed by atoms with Gasteiger partial charge in [0.1, 0.15) is 0 Å². The summed E-state index contributed by atoms with van der Waals surface area (Å²) in [4.78, 5) is 9.09. The third-order valence-corrected chi connectivity index (χ3v) is 7.64. The molecule has 2 aromatic heterocycles. The van der Waals surface area contributed by atoms with Gasteiger partial charge in [-0.2, -0.15) is 0 Å². The summed E-state index contributed by atoms with van der Waals surface area (Å²) in [6.07, 6.45) is 7.79. The number of hydrogen-bond acceptors (Lipinski definition) is 2. The molecule has 236 valence electrons. The molecule has 0 aliphatic rings. The summed E-state index contributed by atoms with van der Waals surface area (Å²) in [6, 6.07) is 33.5. The first kappa shape index (κ1) is 36.1. The Morgan fingerprint density at radius 2 is 1.02 bits per heavy atom. The second kappa shape index (κ2) is 16.2. The molecule has 0 atom stereocenters. The molecule has 0 amide bonds. The van der Waals surface area contributed by atoms with Gasteiger partial charge in [0.2, 0.25) is 0 Å². The molecule has 0 saturated heterocycles. The van der Waals surface area contributed by atoms with Crippen LogP contribution in [0.1, 0.15) is 67.3 Å². The molecule has 4 nitrogen and oxygen atoms in total. The minimum absolute atomic E-state index is 0.